The van der Waals surface area contributed by atoms with Crippen molar-refractivity contribution >= 4 is 49.3 Å². The highest BCUT2D eigenvalue weighted by atomic mass is 15.1. The third-order valence-electron chi connectivity index (χ3n) is 15.8. The number of benzene rings is 10. The van der Waals surface area contributed by atoms with Crippen molar-refractivity contribution in [2.75, 3.05) is 0 Å². The normalized spacial score (nSPS) is 11.7. The largest absolute Gasteiger partial charge is 0.308 e. The Hall–Kier alpha value is -10.7. The van der Waals surface area contributed by atoms with Crippen molar-refractivity contribution in [2.24, 2.45) is 0 Å². The molecule has 0 bridgehead atoms. The van der Waals surface area contributed by atoms with Gasteiger partial charge in [-0.05, 0) is 140 Å². The van der Waals surface area contributed by atoms with Gasteiger partial charge in [0.1, 0.15) is 0 Å². The number of rotatable bonds is 8. The van der Waals surface area contributed by atoms with E-state index in [0.29, 0.717) is 34.3 Å². The van der Waals surface area contributed by atoms with Crippen molar-refractivity contribution in [2.45, 2.75) is 52.4 Å². The predicted molar refractivity (Wildman–Crippen MR) is 334 cm³/mol. The van der Waals surface area contributed by atoms with E-state index in [1.807, 2.05) is 84.9 Å². The zero-order valence-corrected chi connectivity index (χ0v) is 46.4. The molecule has 0 saturated heterocycles. The van der Waals surface area contributed by atoms with Gasteiger partial charge in [-0.2, -0.15) is 10.5 Å². The fraction of sp³-hybridized carbons (Fsp3) is 0.108. The minimum atomic E-state index is -0.0801. The van der Waals surface area contributed by atoms with E-state index in [2.05, 4.69) is 201 Å². The quantitative estimate of drug-likeness (QED) is 0.141. The van der Waals surface area contributed by atoms with Crippen LogP contribution in [0.5, 0.6) is 0 Å². The molecule has 82 heavy (non-hydrogen) atoms. The molecule has 13 aromatic rings. The lowest BCUT2D eigenvalue weighted by Gasteiger charge is -2.20. The number of aromatic nitrogens is 5. The van der Waals surface area contributed by atoms with Gasteiger partial charge >= 0.3 is 0 Å². The lowest BCUT2D eigenvalue weighted by Crippen LogP contribution is -2.10. The maximum Gasteiger partial charge on any atom is 0.187 e. The number of nitriles is 2. The number of hydrogen-bond donors (Lipinski definition) is 0. The Morgan fingerprint density at radius 3 is 1.26 bits per heavy atom. The standard InChI is InChI=1S/C74H54N8/c1-73(2,3)55-31-37-66-62(42-55)58-15-8-10-17-64(58)81(66)68-40-53(48-21-19-46(44-75)20-22-48)29-35-60(68)71-78-70(51-25-23-49(24-26-51)52-14-12-13-47(39-52)45-76)79-72(80-71)61-36-30-54(50-27-33-57(77-7)34-28-50)41-69(61)82-65-18-11-9-16-59(65)63-43-56(74(4,5)6)32-38-67(63)82/h8-43H,1-6H3. The molecule has 0 aliphatic rings. The van der Waals surface area contributed by atoms with E-state index in [4.69, 9.17) is 21.5 Å². The maximum atomic E-state index is 9.79. The Balaban J connectivity index is 1.11. The number of nitrogens with zero attached hydrogens (tertiary/aromatic N) is 8. The Labute approximate surface area is 477 Å². The Morgan fingerprint density at radius 2 is 0.780 bits per heavy atom. The van der Waals surface area contributed by atoms with Crippen LogP contribution in [0.2, 0.25) is 0 Å². The monoisotopic (exact) mass is 1050 g/mol. The summed E-state index contributed by atoms with van der Waals surface area (Å²) < 4.78 is 4.69. The number of hydrogen-bond acceptors (Lipinski definition) is 5. The van der Waals surface area contributed by atoms with Gasteiger partial charge in [-0.3, -0.25) is 0 Å². The molecule has 0 N–H and O–H groups in total. The molecule has 3 heterocycles. The summed E-state index contributed by atoms with van der Waals surface area (Å²) in [6, 6.07) is 79.6. The minimum absolute atomic E-state index is 0.0792. The van der Waals surface area contributed by atoms with Crippen molar-refractivity contribution in [1.29, 1.82) is 10.5 Å². The van der Waals surface area contributed by atoms with E-state index in [1.54, 1.807) is 0 Å². The summed E-state index contributed by atoms with van der Waals surface area (Å²) in [6.07, 6.45) is 0. The van der Waals surface area contributed by atoms with Gasteiger partial charge in [0.25, 0.3) is 0 Å². The molecular weight excluding hydrogens is 1000 g/mol. The van der Waals surface area contributed by atoms with Gasteiger partial charge in [0.05, 0.1) is 63.3 Å². The SMILES string of the molecule is [C-]#[N+]c1ccc(-c2ccc(-c3nc(-c4ccc(-c5cccc(C#N)c5)cc4)nc(-c4ccc(-c5ccc(C#N)cc5)cc4-n4c5ccccc5c5cc(C(C)(C)C)ccc54)n3)c(-n3c4ccccc4c4cc(C(C)(C)C)ccc43)c2)cc1. The van der Waals surface area contributed by atoms with E-state index >= 15 is 0 Å². The smallest absolute Gasteiger partial charge is 0.187 e. The number of fused-ring (bicyclic) bond motifs is 6. The molecule has 3 aromatic heterocycles. The van der Waals surface area contributed by atoms with Gasteiger partial charge in [-0.25, -0.2) is 19.8 Å². The molecule has 10 aromatic carbocycles. The first-order valence-corrected chi connectivity index (χ1v) is 27.5. The average molecular weight is 1060 g/mol. The first kappa shape index (κ1) is 50.8. The van der Waals surface area contributed by atoms with Crippen LogP contribution < -0.4 is 0 Å². The van der Waals surface area contributed by atoms with Crippen molar-refractivity contribution in [1.82, 2.24) is 24.1 Å². The van der Waals surface area contributed by atoms with Gasteiger partial charge in [-0.15, -0.1) is 0 Å². The van der Waals surface area contributed by atoms with Crippen LogP contribution in [0.4, 0.5) is 5.69 Å². The van der Waals surface area contributed by atoms with Crippen molar-refractivity contribution in [3.63, 3.8) is 0 Å². The van der Waals surface area contributed by atoms with Crippen LogP contribution >= 0.6 is 0 Å². The molecule has 0 spiro atoms. The minimum Gasteiger partial charge on any atom is -0.308 e. The van der Waals surface area contributed by atoms with Crippen molar-refractivity contribution < 1.29 is 0 Å². The molecule has 0 atom stereocenters. The van der Waals surface area contributed by atoms with Crippen molar-refractivity contribution in [3.8, 4) is 91.1 Å². The Kier molecular flexibility index (Phi) is 12.3. The van der Waals surface area contributed by atoms with Crippen LogP contribution in [-0.4, -0.2) is 24.1 Å². The molecule has 0 aliphatic heterocycles. The third kappa shape index (κ3) is 9.02. The first-order valence-electron chi connectivity index (χ1n) is 27.5. The van der Waals surface area contributed by atoms with E-state index in [-0.39, 0.29) is 10.8 Å². The molecule has 13 rings (SSSR count). The van der Waals surface area contributed by atoms with Crippen LogP contribution in [0.3, 0.4) is 0 Å². The summed E-state index contributed by atoms with van der Waals surface area (Å²) in [7, 11) is 0. The van der Waals surface area contributed by atoms with E-state index in [9.17, 15) is 10.5 Å². The summed E-state index contributed by atoms with van der Waals surface area (Å²) >= 11 is 0. The zero-order chi connectivity index (χ0) is 56.4. The Morgan fingerprint density at radius 1 is 0.366 bits per heavy atom. The lowest BCUT2D eigenvalue weighted by molar-refractivity contribution is 0.591. The van der Waals surface area contributed by atoms with E-state index in [0.717, 1.165) is 105 Å². The zero-order valence-electron chi connectivity index (χ0n) is 46.4. The molecule has 0 amide bonds. The van der Waals surface area contributed by atoms with Gasteiger partial charge in [-0.1, -0.05) is 175 Å². The molecule has 0 unspecified atom stereocenters. The highest BCUT2D eigenvalue weighted by Crippen LogP contribution is 2.43. The molecule has 390 valence electrons. The second-order valence-corrected chi connectivity index (χ2v) is 23.1. The summed E-state index contributed by atoms with van der Waals surface area (Å²) in [6.45, 7) is 21.2. The van der Waals surface area contributed by atoms with Crippen LogP contribution in [0.25, 0.3) is 127 Å². The lowest BCUT2D eigenvalue weighted by atomic mass is 9.86. The van der Waals surface area contributed by atoms with Crippen LogP contribution in [0.1, 0.15) is 63.8 Å². The van der Waals surface area contributed by atoms with Crippen molar-refractivity contribution in [3.05, 3.63) is 252 Å². The van der Waals surface area contributed by atoms with Gasteiger partial charge in [0, 0.05) is 38.2 Å². The highest BCUT2D eigenvalue weighted by molar-refractivity contribution is 6.11. The fourth-order valence-electron chi connectivity index (χ4n) is 11.4. The summed E-state index contributed by atoms with van der Waals surface area (Å²) in [4.78, 5) is 20.3. The topological polar surface area (TPSA) is 100 Å². The molecule has 0 radical (unpaired) electrons. The van der Waals surface area contributed by atoms with Crippen LogP contribution in [0.15, 0.2) is 218 Å². The Bertz CT molecular complexity index is 4580. The molecule has 0 fully saturated rings. The van der Waals surface area contributed by atoms with Crippen LogP contribution in [-0.2, 0) is 10.8 Å². The highest BCUT2D eigenvalue weighted by Gasteiger charge is 2.26. The van der Waals surface area contributed by atoms with Gasteiger partial charge in [0.2, 0.25) is 0 Å². The van der Waals surface area contributed by atoms with Gasteiger partial charge in [0.15, 0.2) is 23.2 Å². The van der Waals surface area contributed by atoms with Gasteiger partial charge < -0.3 is 9.13 Å². The molecular formula is C74H54N8. The molecule has 0 saturated carbocycles. The predicted octanol–water partition coefficient (Wildman–Crippen LogP) is 19.0. The average Bonchev–Trinajstić information content (AvgIpc) is 4.26. The molecule has 0 aliphatic carbocycles. The molecule has 8 heteroatoms. The first-order chi connectivity index (χ1) is 39.7. The summed E-state index contributed by atoms with van der Waals surface area (Å²) in [5.74, 6) is 1.44. The molecule has 8 nitrogen and oxygen atoms in total. The summed E-state index contributed by atoms with van der Waals surface area (Å²) in [5.41, 5.74) is 18.1. The summed E-state index contributed by atoms with van der Waals surface area (Å²) in [5, 5.41) is 24.1. The van der Waals surface area contributed by atoms with E-state index in [1.165, 1.54) is 11.1 Å². The van der Waals surface area contributed by atoms with E-state index < -0.39 is 0 Å². The number of para-hydroxylation sites is 2. The fourth-order valence-corrected chi connectivity index (χ4v) is 11.4. The third-order valence-corrected chi connectivity index (χ3v) is 15.8. The maximum absolute atomic E-state index is 9.79. The second-order valence-electron chi connectivity index (χ2n) is 23.1. The van der Waals surface area contributed by atoms with Crippen LogP contribution in [0, 0.1) is 29.2 Å². The second kappa shape index (κ2) is 19.9.